The van der Waals surface area contributed by atoms with Crippen LogP contribution in [0.25, 0.3) is 0 Å². The molecule has 1 aliphatic heterocycles. The zero-order chi connectivity index (χ0) is 16.4. The van der Waals surface area contributed by atoms with Gasteiger partial charge in [-0.1, -0.05) is 5.16 Å². The molecule has 1 fully saturated rings. The minimum Gasteiger partial charge on any atom is -0.360 e. The number of alkyl halides is 1. The van der Waals surface area contributed by atoms with Crippen molar-refractivity contribution in [3.8, 4) is 0 Å². The van der Waals surface area contributed by atoms with Gasteiger partial charge in [-0.3, -0.25) is 4.90 Å². The van der Waals surface area contributed by atoms with Crippen LogP contribution in [0.4, 0.5) is 10.3 Å². The van der Waals surface area contributed by atoms with Crippen molar-refractivity contribution in [2.75, 3.05) is 25.0 Å². The van der Waals surface area contributed by atoms with E-state index < -0.39 is 6.17 Å². The first-order valence-electron chi connectivity index (χ1n) is 7.81. The minimum absolute atomic E-state index is 0.102. The SMILES string of the molecule is Cc1cnc(N(C)C[C@@H]2C[C@H](F)CN2Cc2cc(C)no2)nc1. The first-order chi connectivity index (χ1) is 11.0. The van der Waals surface area contributed by atoms with Crippen molar-refractivity contribution in [1.82, 2.24) is 20.0 Å². The summed E-state index contributed by atoms with van der Waals surface area (Å²) in [5.41, 5.74) is 1.87. The molecule has 0 bridgehead atoms. The summed E-state index contributed by atoms with van der Waals surface area (Å²) in [4.78, 5) is 12.7. The Morgan fingerprint density at radius 2 is 2.09 bits per heavy atom. The number of aromatic nitrogens is 3. The third kappa shape index (κ3) is 3.85. The first kappa shape index (κ1) is 15.9. The molecule has 124 valence electrons. The van der Waals surface area contributed by atoms with Crippen molar-refractivity contribution in [1.29, 1.82) is 0 Å². The summed E-state index contributed by atoms with van der Waals surface area (Å²) >= 11 is 0. The summed E-state index contributed by atoms with van der Waals surface area (Å²) in [6, 6.07) is 2.00. The van der Waals surface area contributed by atoms with Crippen LogP contribution < -0.4 is 4.90 Å². The molecule has 0 unspecified atom stereocenters. The molecule has 0 N–H and O–H groups in total. The molecule has 0 saturated carbocycles. The molecule has 0 aliphatic carbocycles. The van der Waals surface area contributed by atoms with E-state index in [9.17, 15) is 4.39 Å². The number of nitrogens with zero attached hydrogens (tertiary/aromatic N) is 5. The van der Waals surface area contributed by atoms with Gasteiger partial charge in [0, 0.05) is 44.6 Å². The predicted octanol–water partition coefficient (Wildman–Crippen LogP) is 2.13. The molecule has 23 heavy (non-hydrogen) atoms. The minimum atomic E-state index is -0.809. The summed E-state index contributed by atoms with van der Waals surface area (Å²) < 4.78 is 19.2. The second kappa shape index (κ2) is 6.62. The molecule has 2 aromatic rings. The Morgan fingerprint density at radius 1 is 1.35 bits per heavy atom. The van der Waals surface area contributed by atoms with Gasteiger partial charge in [0.25, 0.3) is 0 Å². The Balaban J connectivity index is 1.65. The van der Waals surface area contributed by atoms with Crippen molar-refractivity contribution >= 4 is 5.95 Å². The molecular weight excluding hydrogens is 297 g/mol. The number of likely N-dealkylation sites (tertiary alicyclic amines) is 1. The van der Waals surface area contributed by atoms with Crippen LogP contribution in [0.15, 0.2) is 23.0 Å². The summed E-state index contributed by atoms with van der Waals surface area (Å²) in [5.74, 6) is 1.43. The monoisotopic (exact) mass is 319 g/mol. The van der Waals surface area contributed by atoms with E-state index in [0.29, 0.717) is 32.0 Å². The third-order valence-electron chi connectivity index (χ3n) is 4.11. The van der Waals surface area contributed by atoms with Crippen LogP contribution >= 0.6 is 0 Å². The van der Waals surface area contributed by atoms with Gasteiger partial charge < -0.3 is 9.42 Å². The quantitative estimate of drug-likeness (QED) is 0.841. The molecular formula is C16H22FN5O. The Kier molecular flexibility index (Phi) is 4.56. The molecule has 2 atom stereocenters. The van der Waals surface area contributed by atoms with E-state index in [4.69, 9.17) is 4.52 Å². The van der Waals surface area contributed by atoms with E-state index in [1.807, 2.05) is 31.9 Å². The van der Waals surface area contributed by atoms with Gasteiger partial charge in [0.15, 0.2) is 5.76 Å². The fraction of sp³-hybridized carbons (Fsp3) is 0.562. The van der Waals surface area contributed by atoms with E-state index in [1.54, 1.807) is 12.4 Å². The van der Waals surface area contributed by atoms with Crippen LogP contribution in [0, 0.1) is 13.8 Å². The molecule has 6 nitrogen and oxygen atoms in total. The largest absolute Gasteiger partial charge is 0.360 e. The summed E-state index contributed by atoms with van der Waals surface area (Å²) in [6.07, 6.45) is 3.29. The van der Waals surface area contributed by atoms with Crippen molar-refractivity contribution in [2.45, 2.75) is 39.0 Å². The molecule has 1 aliphatic rings. The van der Waals surface area contributed by atoms with Crippen LogP contribution in [0.5, 0.6) is 0 Å². The summed E-state index contributed by atoms with van der Waals surface area (Å²) in [5, 5.41) is 3.89. The Morgan fingerprint density at radius 3 is 2.74 bits per heavy atom. The van der Waals surface area contributed by atoms with E-state index in [1.165, 1.54) is 0 Å². The van der Waals surface area contributed by atoms with Gasteiger partial charge in [0.1, 0.15) is 6.17 Å². The highest BCUT2D eigenvalue weighted by Gasteiger charge is 2.33. The van der Waals surface area contributed by atoms with Gasteiger partial charge in [-0.25, -0.2) is 14.4 Å². The van der Waals surface area contributed by atoms with Gasteiger partial charge in [0.2, 0.25) is 5.95 Å². The lowest BCUT2D eigenvalue weighted by Crippen LogP contribution is -2.39. The van der Waals surface area contributed by atoms with Crippen LogP contribution in [0.3, 0.4) is 0 Å². The molecule has 3 rings (SSSR count). The second-order valence-electron chi connectivity index (χ2n) is 6.29. The van der Waals surface area contributed by atoms with E-state index in [2.05, 4.69) is 20.0 Å². The Bertz CT molecular complexity index is 644. The highest BCUT2D eigenvalue weighted by atomic mass is 19.1. The fourth-order valence-corrected chi connectivity index (χ4v) is 2.98. The molecule has 0 amide bonds. The number of halogens is 1. The number of rotatable bonds is 5. The lowest BCUT2D eigenvalue weighted by molar-refractivity contribution is 0.209. The highest BCUT2D eigenvalue weighted by Crippen LogP contribution is 2.24. The average Bonchev–Trinajstić information content (AvgIpc) is 3.06. The maximum absolute atomic E-state index is 13.9. The summed E-state index contributed by atoms with van der Waals surface area (Å²) in [6.45, 7) is 5.52. The van der Waals surface area contributed by atoms with Gasteiger partial charge in [-0.2, -0.15) is 0 Å². The summed E-state index contributed by atoms with van der Waals surface area (Å²) in [7, 11) is 1.94. The zero-order valence-corrected chi connectivity index (χ0v) is 13.7. The molecule has 7 heteroatoms. The number of aryl methyl sites for hydroxylation is 2. The molecule has 2 aromatic heterocycles. The predicted molar refractivity (Wildman–Crippen MR) is 85.0 cm³/mol. The Labute approximate surface area is 135 Å². The van der Waals surface area contributed by atoms with Gasteiger partial charge in [0.05, 0.1) is 12.2 Å². The van der Waals surface area contributed by atoms with E-state index in [0.717, 1.165) is 17.0 Å². The smallest absolute Gasteiger partial charge is 0.225 e. The van der Waals surface area contributed by atoms with Crippen LogP contribution in [0.2, 0.25) is 0 Å². The Hall–Kier alpha value is -2.02. The first-order valence-corrected chi connectivity index (χ1v) is 7.81. The van der Waals surface area contributed by atoms with Gasteiger partial charge in [-0.05, 0) is 25.8 Å². The van der Waals surface area contributed by atoms with Crippen molar-refractivity contribution < 1.29 is 8.91 Å². The van der Waals surface area contributed by atoms with Crippen molar-refractivity contribution in [3.63, 3.8) is 0 Å². The number of likely N-dealkylation sites (N-methyl/N-ethyl adjacent to an activating group) is 1. The normalized spacial score (nSPS) is 21.7. The fourth-order valence-electron chi connectivity index (χ4n) is 2.98. The van der Waals surface area contributed by atoms with Crippen LogP contribution in [-0.2, 0) is 6.54 Å². The molecule has 0 radical (unpaired) electrons. The number of hydrogen-bond donors (Lipinski definition) is 0. The number of hydrogen-bond acceptors (Lipinski definition) is 6. The maximum atomic E-state index is 13.9. The highest BCUT2D eigenvalue weighted by molar-refractivity contribution is 5.28. The zero-order valence-electron chi connectivity index (χ0n) is 13.7. The standard InChI is InChI=1S/C16H22FN5O/c1-11-6-18-16(19-7-11)21(3)9-14-5-13(17)8-22(14)10-15-4-12(2)20-23-15/h4,6-7,13-14H,5,8-10H2,1-3H3/t13-,14-/m0/s1. The lowest BCUT2D eigenvalue weighted by atomic mass is 10.2. The van der Waals surface area contributed by atoms with Crippen molar-refractivity contribution in [2.24, 2.45) is 0 Å². The third-order valence-corrected chi connectivity index (χ3v) is 4.11. The molecule has 0 spiro atoms. The van der Waals surface area contributed by atoms with Gasteiger partial charge >= 0.3 is 0 Å². The van der Waals surface area contributed by atoms with Gasteiger partial charge in [-0.15, -0.1) is 0 Å². The average molecular weight is 319 g/mol. The topological polar surface area (TPSA) is 58.3 Å². The van der Waals surface area contributed by atoms with E-state index in [-0.39, 0.29) is 6.04 Å². The van der Waals surface area contributed by atoms with Crippen LogP contribution in [-0.4, -0.2) is 52.4 Å². The molecule has 0 aromatic carbocycles. The van der Waals surface area contributed by atoms with Crippen LogP contribution in [0.1, 0.15) is 23.4 Å². The van der Waals surface area contributed by atoms with Crippen molar-refractivity contribution in [3.05, 3.63) is 35.5 Å². The molecule has 1 saturated heterocycles. The number of anilines is 1. The maximum Gasteiger partial charge on any atom is 0.225 e. The van der Waals surface area contributed by atoms with E-state index >= 15 is 0 Å². The molecule has 3 heterocycles. The second-order valence-corrected chi connectivity index (χ2v) is 6.29. The lowest BCUT2D eigenvalue weighted by Gasteiger charge is -2.27.